The van der Waals surface area contributed by atoms with Gasteiger partial charge in [-0.2, -0.15) is 0 Å². The summed E-state index contributed by atoms with van der Waals surface area (Å²) >= 11 is 0. The van der Waals surface area contributed by atoms with Gasteiger partial charge in [0, 0.05) is 26.2 Å². The van der Waals surface area contributed by atoms with E-state index in [2.05, 4.69) is 10.5 Å². The average Bonchev–Trinajstić information content (AvgIpc) is 2.77. The number of fused-ring (bicyclic) bond motifs is 1. The number of nitrogens with zero attached hydrogens (tertiary/aromatic N) is 3. The highest BCUT2D eigenvalue weighted by atomic mass is 16.4. The van der Waals surface area contributed by atoms with Crippen LogP contribution in [-0.4, -0.2) is 65.0 Å². The Morgan fingerprint density at radius 1 is 1.53 bits per heavy atom. The van der Waals surface area contributed by atoms with Crippen molar-refractivity contribution in [2.75, 3.05) is 26.2 Å². The van der Waals surface area contributed by atoms with Gasteiger partial charge in [0.15, 0.2) is 5.84 Å². The quantitative estimate of drug-likeness (QED) is 0.258. The van der Waals surface area contributed by atoms with Crippen LogP contribution in [0.2, 0.25) is 0 Å². The molecule has 106 valence electrons. The maximum atomic E-state index is 12.4. The van der Waals surface area contributed by atoms with E-state index in [1.165, 1.54) is 0 Å². The van der Waals surface area contributed by atoms with Gasteiger partial charge in [-0.05, 0) is 13.8 Å². The molecule has 2 rings (SSSR count). The summed E-state index contributed by atoms with van der Waals surface area (Å²) in [5.41, 5.74) is 4.51. The van der Waals surface area contributed by atoms with Crippen molar-refractivity contribution >= 4 is 17.8 Å². The van der Waals surface area contributed by atoms with Crippen LogP contribution in [0.1, 0.15) is 13.8 Å². The zero-order valence-corrected chi connectivity index (χ0v) is 11.1. The van der Waals surface area contributed by atoms with E-state index in [9.17, 15) is 9.59 Å². The predicted molar refractivity (Wildman–Crippen MR) is 67.7 cm³/mol. The molecule has 0 aromatic heterocycles. The van der Waals surface area contributed by atoms with Crippen molar-refractivity contribution in [1.82, 2.24) is 15.1 Å². The fraction of sp³-hybridized carbons (Fsp3) is 0.727. The van der Waals surface area contributed by atoms with Gasteiger partial charge in [-0.1, -0.05) is 5.16 Å². The Morgan fingerprint density at radius 2 is 2.21 bits per heavy atom. The smallest absolute Gasteiger partial charge is 0.317 e. The Balaban J connectivity index is 2.08. The summed E-state index contributed by atoms with van der Waals surface area (Å²) in [6.07, 6.45) is 0. The van der Waals surface area contributed by atoms with Gasteiger partial charge in [0.25, 0.3) is 0 Å². The lowest BCUT2D eigenvalue weighted by atomic mass is 9.89. The standard InChI is InChI=1S/C11H19N5O3/c1-11(2,8(12)14-19)9(17)15-3-4-16-7(6-15)5-13-10(16)18/h7,19H,3-6H2,1-2H3,(H2,12,14)(H,13,18). The molecule has 2 saturated heterocycles. The molecular formula is C11H19N5O3. The number of hydrogen-bond acceptors (Lipinski definition) is 4. The lowest BCUT2D eigenvalue weighted by Crippen LogP contribution is -2.58. The van der Waals surface area contributed by atoms with Crippen molar-refractivity contribution in [2.24, 2.45) is 16.3 Å². The van der Waals surface area contributed by atoms with Gasteiger partial charge in [0.05, 0.1) is 6.04 Å². The lowest BCUT2D eigenvalue weighted by Gasteiger charge is -2.39. The van der Waals surface area contributed by atoms with Crippen LogP contribution < -0.4 is 11.1 Å². The molecule has 1 atom stereocenters. The number of hydrogen-bond donors (Lipinski definition) is 3. The van der Waals surface area contributed by atoms with Gasteiger partial charge in [0.2, 0.25) is 5.91 Å². The maximum absolute atomic E-state index is 12.4. The van der Waals surface area contributed by atoms with Crippen LogP contribution in [0.3, 0.4) is 0 Å². The van der Waals surface area contributed by atoms with Crippen molar-refractivity contribution < 1.29 is 14.8 Å². The van der Waals surface area contributed by atoms with Gasteiger partial charge in [-0.25, -0.2) is 4.79 Å². The highest BCUT2D eigenvalue weighted by molar-refractivity contribution is 6.06. The van der Waals surface area contributed by atoms with Crippen LogP contribution in [-0.2, 0) is 4.79 Å². The highest BCUT2D eigenvalue weighted by Gasteiger charge is 2.42. The number of urea groups is 1. The summed E-state index contributed by atoms with van der Waals surface area (Å²) in [6, 6.07) is -0.0684. The molecule has 0 aromatic rings. The summed E-state index contributed by atoms with van der Waals surface area (Å²) in [4.78, 5) is 27.3. The third kappa shape index (κ3) is 2.18. The monoisotopic (exact) mass is 269 g/mol. The normalized spacial score (nSPS) is 24.2. The second kappa shape index (κ2) is 4.60. The number of amides is 3. The second-order valence-electron chi connectivity index (χ2n) is 5.39. The molecule has 0 saturated carbocycles. The first-order chi connectivity index (χ1) is 8.87. The van der Waals surface area contributed by atoms with E-state index in [0.29, 0.717) is 26.2 Å². The van der Waals surface area contributed by atoms with Crippen molar-refractivity contribution in [3.05, 3.63) is 0 Å². The molecule has 19 heavy (non-hydrogen) atoms. The summed E-state index contributed by atoms with van der Waals surface area (Å²) in [5.74, 6) is -0.303. The van der Waals surface area contributed by atoms with Crippen molar-refractivity contribution in [2.45, 2.75) is 19.9 Å². The molecule has 0 aromatic carbocycles. The third-order valence-corrected chi connectivity index (χ3v) is 3.80. The summed E-state index contributed by atoms with van der Waals surface area (Å²) in [7, 11) is 0. The van der Waals surface area contributed by atoms with E-state index in [-0.39, 0.29) is 23.8 Å². The zero-order chi connectivity index (χ0) is 14.2. The molecule has 0 aliphatic carbocycles. The first-order valence-electron chi connectivity index (χ1n) is 6.19. The molecule has 0 bridgehead atoms. The Kier molecular flexibility index (Phi) is 3.25. The van der Waals surface area contributed by atoms with Crippen molar-refractivity contribution in [1.29, 1.82) is 0 Å². The van der Waals surface area contributed by atoms with Crippen LogP contribution in [0.25, 0.3) is 0 Å². The molecule has 1 unspecified atom stereocenters. The van der Waals surface area contributed by atoms with E-state index < -0.39 is 5.41 Å². The largest absolute Gasteiger partial charge is 0.409 e. The Labute approximate surface area is 111 Å². The van der Waals surface area contributed by atoms with Crippen LogP contribution in [0.15, 0.2) is 5.16 Å². The topological polar surface area (TPSA) is 111 Å². The van der Waals surface area contributed by atoms with Gasteiger partial charge in [-0.15, -0.1) is 0 Å². The average molecular weight is 269 g/mol. The molecule has 8 heteroatoms. The maximum Gasteiger partial charge on any atom is 0.317 e. The third-order valence-electron chi connectivity index (χ3n) is 3.80. The number of piperazine rings is 1. The van der Waals surface area contributed by atoms with E-state index >= 15 is 0 Å². The molecular weight excluding hydrogens is 250 g/mol. The minimum Gasteiger partial charge on any atom is -0.409 e. The van der Waals surface area contributed by atoms with Crippen molar-refractivity contribution in [3.8, 4) is 0 Å². The van der Waals surface area contributed by atoms with Gasteiger partial charge in [-0.3, -0.25) is 4.79 Å². The minimum atomic E-state index is -1.05. The summed E-state index contributed by atoms with van der Waals surface area (Å²) in [5, 5.41) is 14.4. The molecule has 0 spiro atoms. The van der Waals surface area contributed by atoms with E-state index in [1.54, 1.807) is 23.6 Å². The SMILES string of the molecule is CC(C)(C(=O)N1CCN2C(=O)NCC2C1)C(N)=NO. The van der Waals surface area contributed by atoms with Gasteiger partial charge < -0.3 is 26.1 Å². The van der Waals surface area contributed by atoms with E-state index in [1.807, 2.05) is 0 Å². The molecule has 2 aliphatic heterocycles. The first-order valence-corrected chi connectivity index (χ1v) is 6.19. The number of carbonyl (C=O) groups is 2. The molecule has 2 aliphatic rings. The Bertz CT molecular complexity index is 434. The highest BCUT2D eigenvalue weighted by Crippen LogP contribution is 2.23. The second-order valence-corrected chi connectivity index (χ2v) is 5.39. The number of nitrogens with one attached hydrogen (secondary N) is 1. The van der Waals surface area contributed by atoms with E-state index in [0.717, 1.165) is 0 Å². The van der Waals surface area contributed by atoms with Crippen LogP contribution >= 0.6 is 0 Å². The Hall–Kier alpha value is -1.99. The molecule has 8 nitrogen and oxygen atoms in total. The van der Waals surface area contributed by atoms with Crippen LogP contribution in [0.5, 0.6) is 0 Å². The fourth-order valence-electron chi connectivity index (χ4n) is 2.42. The molecule has 4 N–H and O–H groups in total. The molecule has 2 fully saturated rings. The number of rotatable bonds is 2. The lowest BCUT2D eigenvalue weighted by molar-refractivity contribution is -0.139. The van der Waals surface area contributed by atoms with Gasteiger partial charge >= 0.3 is 6.03 Å². The first kappa shape index (κ1) is 13.4. The fourth-order valence-corrected chi connectivity index (χ4v) is 2.42. The van der Waals surface area contributed by atoms with E-state index in [4.69, 9.17) is 10.9 Å². The number of carbonyl (C=O) groups excluding carboxylic acids is 2. The molecule has 0 radical (unpaired) electrons. The van der Waals surface area contributed by atoms with Gasteiger partial charge in [0.1, 0.15) is 5.41 Å². The number of oxime groups is 1. The van der Waals surface area contributed by atoms with Crippen LogP contribution in [0, 0.1) is 5.41 Å². The predicted octanol–water partition coefficient (Wildman–Crippen LogP) is -1.00. The summed E-state index contributed by atoms with van der Waals surface area (Å²) in [6.45, 7) is 5.23. The molecule has 2 heterocycles. The van der Waals surface area contributed by atoms with Crippen LogP contribution in [0.4, 0.5) is 4.79 Å². The zero-order valence-electron chi connectivity index (χ0n) is 11.1. The minimum absolute atomic E-state index is 0.00768. The summed E-state index contributed by atoms with van der Waals surface area (Å²) < 4.78 is 0. The Morgan fingerprint density at radius 3 is 2.84 bits per heavy atom. The van der Waals surface area contributed by atoms with Crippen molar-refractivity contribution in [3.63, 3.8) is 0 Å². The number of nitrogens with two attached hydrogens (primary N) is 1. The molecule has 3 amide bonds. The number of amidine groups is 1.